The van der Waals surface area contributed by atoms with Crippen LogP contribution >= 0.6 is 0 Å². The van der Waals surface area contributed by atoms with E-state index in [1.54, 1.807) is 18.2 Å². The van der Waals surface area contributed by atoms with Crippen LogP contribution < -0.4 is 0 Å². The van der Waals surface area contributed by atoms with Gasteiger partial charge in [0, 0.05) is 12.8 Å². The first-order valence-corrected chi connectivity index (χ1v) is 8.66. The van der Waals surface area contributed by atoms with Crippen molar-refractivity contribution in [3.63, 3.8) is 0 Å². The molecule has 3 atom stereocenters. The second kappa shape index (κ2) is 5.35. The Bertz CT molecular complexity index is 748. The topological polar surface area (TPSA) is 77.5 Å². The van der Waals surface area contributed by atoms with Crippen LogP contribution in [0.3, 0.4) is 0 Å². The van der Waals surface area contributed by atoms with E-state index >= 15 is 0 Å². The van der Waals surface area contributed by atoms with Crippen molar-refractivity contribution in [3.8, 4) is 0 Å². The lowest BCUT2D eigenvalue weighted by Gasteiger charge is -2.23. The van der Waals surface area contributed by atoms with Crippen molar-refractivity contribution in [3.05, 3.63) is 42.0 Å². The summed E-state index contributed by atoms with van der Waals surface area (Å²) in [6, 6.07) is 7.93. The van der Waals surface area contributed by atoms with E-state index in [1.165, 1.54) is 25.1 Å². The highest BCUT2D eigenvalue weighted by molar-refractivity contribution is 7.93. The molecule has 1 fully saturated rings. The Morgan fingerprint density at radius 1 is 1.23 bits per heavy atom. The third-order valence-corrected chi connectivity index (χ3v) is 6.33. The van der Waals surface area contributed by atoms with E-state index in [9.17, 15) is 18.0 Å². The van der Waals surface area contributed by atoms with E-state index in [0.29, 0.717) is 12.8 Å². The third kappa shape index (κ3) is 2.37. The van der Waals surface area contributed by atoms with Gasteiger partial charge in [-0.2, -0.15) is 0 Å². The molecule has 0 aromatic heterocycles. The van der Waals surface area contributed by atoms with Crippen molar-refractivity contribution in [1.29, 1.82) is 0 Å². The second-order valence-corrected chi connectivity index (χ2v) is 7.68. The summed E-state index contributed by atoms with van der Waals surface area (Å²) in [4.78, 5) is 23.6. The van der Waals surface area contributed by atoms with Gasteiger partial charge in [0.1, 0.15) is 11.4 Å². The number of rotatable bonds is 3. The molecule has 116 valence electrons. The van der Waals surface area contributed by atoms with Crippen LogP contribution in [-0.2, 0) is 24.2 Å². The van der Waals surface area contributed by atoms with E-state index in [-0.39, 0.29) is 4.90 Å². The first-order chi connectivity index (χ1) is 10.4. The lowest BCUT2D eigenvalue weighted by Crippen LogP contribution is -2.38. The standard InChI is InChI=1S/C16H16O5S/c1-10(17)21-14-8-7-11-9-13(18)16(15(11)14)22(19,20)12-5-3-2-4-6-12/h2-6,9,14-16H,7-8H2,1H3/t14-,15+,16-/m0/s1. The molecule has 0 radical (unpaired) electrons. The summed E-state index contributed by atoms with van der Waals surface area (Å²) >= 11 is 0. The lowest BCUT2D eigenvalue weighted by molar-refractivity contribution is -0.148. The van der Waals surface area contributed by atoms with Crippen LogP contribution in [0.2, 0.25) is 0 Å². The summed E-state index contributed by atoms with van der Waals surface area (Å²) in [5, 5.41) is -1.18. The maximum absolute atomic E-state index is 12.8. The highest BCUT2D eigenvalue weighted by Gasteiger charge is 2.52. The van der Waals surface area contributed by atoms with Crippen LogP contribution in [-0.4, -0.2) is 31.5 Å². The third-order valence-electron chi connectivity index (χ3n) is 4.20. The van der Waals surface area contributed by atoms with Crippen LogP contribution in [0, 0.1) is 5.92 Å². The molecule has 0 amide bonds. The van der Waals surface area contributed by atoms with E-state index in [4.69, 9.17) is 4.74 Å². The molecule has 0 unspecified atom stereocenters. The SMILES string of the molecule is CC(=O)O[C@H]1CCC2=CC(=O)[C@H](S(=O)(=O)c3ccccc3)[C@H]21. The first-order valence-electron chi connectivity index (χ1n) is 7.12. The molecular formula is C16H16O5S. The zero-order chi connectivity index (χ0) is 15.9. The Labute approximate surface area is 128 Å². The van der Waals surface area contributed by atoms with Crippen molar-refractivity contribution in [2.24, 2.45) is 5.92 Å². The molecule has 1 aromatic carbocycles. The number of ether oxygens (including phenoxy) is 1. The Morgan fingerprint density at radius 3 is 2.55 bits per heavy atom. The summed E-state index contributed by atoms with van der Waals surface area (Å²) in [5.41, 5.74) is 0.778. The maximum atomic E-state index is 12.8. The minimum Gasteiger partial charge on any atom is -0.462 e. The van der Waals surface area contributed by atoms with Crippen LogP contribution in [0.1, 0.15) is 19.8 Å². The summed E-state index contributed by atoms with van der Waals surface area (Å²) in [6.07, 6.45) is 2.03. The first kappa shape index (κ1) is 15.0. The predicted molar refractivity (Wildman–Crippen MR) is 78.8 cm³/mol. The molecule has 2 aliphatic carbocycles. The van der Waals surface area contributed by atoms with Gasteiger partial charge in [0.2, 0.25) is 0 Å². The van der Waals surface area contributed by atoms with E-state index in [2.05, 4.69) is 0 Å². The summed E-state index contributed by atoms with van der Waals surface area (Å²) < 4.78 is 30.9. The molecule has 1 aromatic rings. The van der Waals surface area contributed by atoms with Crippen LogP contribution in [0.15, 0.2) is 46.9 Å². The number of ketones is 1. The smallest absolute Gasteiger partial charge is 0.302 e. The number of hydrogen-bond acceptors (Lipinski definition) is 5. The summed E-state index contributed by atoms with van der Waals surface area (Å²) in [6.45, 7) is 1.29. The zero-order valence-electron chi connectivity index (χ0n) is 12.1. The van der Waals surface area contributed by atoms with Crippen molar-refractivity contribution in [1.82, 2.24) is 0 Å². The van der Waals surface area contributed by atoms with E-state index in [0.717, 1.165) is 5.57 Å². The molecule has 0 aliphatic heterocycles. The molecule has 0 spiro atoms. The van der Waals surface area contributed by atoms with E-state index < -0.39 is 38.9 Å². The number of sulfone groups is 1. The highest BCUT2D eigenvalue weighted by Crippen LogP contribution is 2.44. The number of fused-ring (bicyclic) bond motifs is 1. The summed E-state index contributed by atoms with van der Waals surface area (Å²) in [7, 11) is -3.80. The molecule has 22 heavy (non-hydrogen) atoms. The fourth-order valence-corrected chi connectivity index (χ4v) is 5.28. The van der Waals surface area contributed by atoms with Gasteiger partial charge in [-0.15, -0.1) is 0 Å². The molecule has 0 N–H and O–H groups in total. The van der Waals surface area contributed by atoms with Gasteiger partial charge in [0.25, 0.3) is 0 Å². The van der Waals surface area contributed by atoms with Crippen LogP contribution in [0.5, 0.6) is 0 Å². The molecule has 3 rings (SSSR count). The Balaban J connectivity index is 1.99. The number of carbonyl (C=O) groups is 2. The fraction of sp³-hybridized carbons (Fsp3) is 0.375. The van der Waals surface area contributed by atoms with Crippen molar-refractivity contribution < 1.29 is 22.7 Å². The van der Waals surface area contributed by atoms with Crippen LogP contribution in [0.25, 0.3) is 0 Å². The average molecular weight is 320 g/mol. The summed E-state index contributed by atoms with van der Waals surface area (Å²) in [5.74, 6) is -1.43. The van der Waals surface area contributed by atoms with Gasteiger partial charge < -0.3 is 4.74 Å². The normalized spacial score (nSPS) is 27.4. The van der Waals surface area contributed by atoms with Gasteiger partial charge >= 0.3 is 5.97 Å². The Kier molecular flexibility index (Phi) is 3.64. The largest absolute Gasteiger partial charge is 0.462 e. The molecule has 6 heteroatoms. The molecular weight excluding hydrogens is 304 g/mol. The minimum absolute atomic E-state index is 0.122. The Morgan fingerprint density at radius 2 is 1.91 bits per heavy atom. The lowest BCUT2D eigenvalue weighted by atomic mass is 10.0. The van der Waals surface area contributed by atoms with Gasteiger partial charge in [0.05, 0.1) is 4.90 Å². The molecule has 0 heterocycles. The monoisotopic (exact) mass is 320 g/mol. The zero-order valence-corrected chi connectivity index (χ0v) is 12.9. The second-order valence-electron chi connectivity index (χ2n) is 5.61. The van der Waals surface area contributed by atoms with Crippen molar-refractivity contribution in [2.75, 3.05) is 0 Å². The van der Waals surface area contributed by atoms with Gasteiger partial charge in [-0.1, -0.05) is 23.8 Å². The molecule has 2 aliphatic rings. The quantitative estimate of drug-likeness (QED) is 0.792. The fourth-order valence-electron chi connectivity index (χ4n) is 3.34. The Hall–Kier alpha value is -1.95. The number of esters is 1. The number of carbonyl (C=O) groups excluding carboxylic acids is 2. The predicted octanol–water partition coefficient (Wildman–Crippen LogP) is 1.68. The minimum atomic E-state index is -3.80. The van der Waals surface area contributed by atoms with Gasteiger partial charge in [-0.3, -0.25) is 9.59 Å². The van der Waals surface area contributed by atoms with Gasteiger partial charge in [0.15, 0.2) is 15.6 Å². The number of benzene rings is 1. The number of hydrogen-bond donors (Lipinski definition) is 0. The van der Waals surface area contributed by atoms with Crippen LogP contribution in [0.4, 0.5) is 0 Å². The van der Waals surface area contributed by atoms with Gasteiger partial charge in [-0.25, -0.2) is 8.42 Å². The number of allylic oxidation sites excluding steroid dienone is 1. The highest BCUT2D eigenvalue weighted by atomic mass is 32.2. The van der Waals surface area contributed by atoms with Crippen molar-refractivity contribution >= 4 is 21.6 Å². The molecule has 5 nitrogen and oxygen atoms in total. The van der Waals surface area contributed by atoms with Gasteiger partial charge in [-0.05, 0) is 31.1 Å². The molecule has 0 saturated heterocycles. The van der Waals surface area contributed by atoms with Crippen molar-refractivity contribution in [2.45, 2.75) is 36.0 Å². The van der Waals surface area contributed by atoms with E-state index in [1.807, 2.05) is 0 Å². The maximum Gasteiger partial charge on any atom is 0.302 e. The average Bonchev–Trinajstić information content (AvgIpc) is 2.98. The molecule has 1 saturated carbocycles. The molecule has 0 bridgehead atoms.